The first-order valence-electron chi connectivity index (χ1n) is 22.5. The van der Waals surface area contributed by atoms with E-state index >= 15 is 0 Å². The Morgan fingerprint density at radius 2 is 1.85 bits per heavy atom. The van der Waals surface area contributed by atoms with Crippen molar-refractivity contribution in [1.82, 2.24) is 30.1 Å². The van der Waals surface area contributed by atoms with Gasteiger partial charge in [0.15, 0.2) is 0 Å². The second kappa shape index (κ2) is 19.5. The van der Waals surface area contributed by atoms with Gasteiger partial charge in [0.1, 0.15) is 17.4 Å². The average Bonchev–Trinajstić information content (AvgIpc) is 3.69. The van der Waals surface area contributed by atoms with E-state index in [2.05, 4.69) is 92.9 Å². The summed E-state index contributed by atoms with van der Waals surface area (Å²) < 4.78 is 5.85. The van der Waals surface area contributed by atoms with Gasteiger partial charge in [-0.2, -0.15) is 0 Å². The van der Waals surface area contributed by atoms with Crippen LogP contribution in [-0.2, 0) is 16.0 Å². The third-order valence-corrected chi connectivity index (χ3v) is 13.3. The van der Waals surface area contributed by atoms with Crippen LogP contribution in [0.2, 0.25) is 0 Å². The number of aliphatic imine (C=N–C) groups is 2. The maximum absolute atomic E-state index is 12.8. The monoisotopic (exact) mass is 830 g/mol. The fourth-order valence-electron chi connectivity index (χ4n) is 9.65. The minimum atomic E-state index is -0.272. The number of amides is 4. The van der Waals surface area contributed by atoms with Crippen molar-refractivity contribution in [3.05, 3.63) is 82.7 Å². The summed E-state index contributed by atoms with van der Waals surface area (Å²) in [5.41, 5.74) is 7.99. The smallest absolute Gasteiger partial charge is 0.320 e. The fourth-order valence-corrected chi connectivity index (χ4v) is 9.65. The molecule has 6 heterocycles. The van der Waals surface area contributed by atoms with Crippen molar-refractivity contribution in [3.63, 3.8) is 0 Å². The Morgan fingerprint density at radius 1 is 1.02 bits per heavy atom. The highest BCUT2D eigenvalue weighted by Gasteiger charge is 2.35. The highest BCUT2D eigenvalue weighted by molar-refractivity contribution is 6.14. The van der Waals surface area contributed by atoms with E-state index in [4.69, 9.17) is 14.5 Å². The molecular weight excluding hydrogens is 769 g/mol. The first-order valence-corrected chi connectivity index (χ1v) is 22.5. The number of carbonyl (C=O) groups is 3. The zero-order valence-corrected chi connectivity index (χ0v) is 36.2. The molecule has 0 spiro atoms. The predicted octanol–water partition coefficient (Wildman–Crippen LogP) is 6.57. The van der Waals surface area contributed by atoms with E-state index in [1.807, 2.05) is 23.0 Å². The lowest BCUT2D eigenvalue weighted by Crippen LogP contribution is -2.48. The Bertz CT molecular complexity index is 2110. The molecule has 14 heteroatoms. The van der Waals surface area contributed by atoms with E-state index in [0.29, 0.717) is 25.2 Å². The molecule has 1 aromatic carbocycles. The van der Waals surface area contributed by atoms with Gasteiger partial charge in [-0.05, 0) is 92.9 Å². The SMILES string of the molecule is CC/C=C/C1=NC=C(N2CCCC(N3CCN(C)C3=O)C2)N=C(Nc2ccc(N3CCC(CN4CCC5=C(C=Cc6c(C(C)CCC(=O)NC=O)noc6C5)C4)CC3)cc2)C1. The number of anilines is 2. The lowest BCUT2D eigenvalue weighted by molar-refractivity contribution is -0.125. The van der Waals surface area contributed by atoms with E-state index in [1.165, 1.54) is 29.7 Å². The summed E-state index contributed by atoms with van der Waals surface area (Å²) in [4.78, 5) is 56.6. The highest BCUT2D eigenvalue weighted by Crippen LogP contribution is 2.35. The standard InChI is InChI=1S/C47H62N10O4/c1-4-5-7-38-27-43(51-44(28-48-38)56-20-6-8-40(31-56)57-25-24-53(3)47(57)60)50-37-11-13-39(14-12-37)55-22-17-34(18-23-55)29-54-21-19-35-26-42-41(15-10-36(35)30-54)46(52-61-42)33(2)9-16-45(59)49-32-58/h5,7,10-15,28,32-34,40H,4,6,8-9,16-27,29-31H2,1-3H3,(H,50,51)(H,49,58,59)/b7-5+. The first-order chi connectivity index (χ1) is 29.7. The number of hydrogen-bond donors (Lipinski definition) is 2. The van der Waals surface area contributed by atoms with Crippen LogP contribution < -0.4 is 15.5 Å². The fraction of sp³-hybridized carbons (Fsp3) is 0.532. The summed E-state index contributed by atoms with van der Waals surface area (Å²) in [5.74, 6) is 3.06. The van der Waals surface area contributed by atoms with Crippen molar-refractivity contribution in [2.24, 2.45) is 15.9 Å². The summed E-state index contributed by atoms with van der Waals surface area (Å²) in [7, 11) is 1.88. The number of amidine groups is 1. The van der Waals surface area contributed by atoms with E-state index in [9.17, 15) is 14.4 Å². The van der Waals surface area contributed by atoms with Crippen molar-refractivity contribution in [3.8, 4) is 0 Å². The molecule has 1 aliphatic carbocycles. The molecular formula is C47H62N10O4. The van der Waals surface area contributed by atoms with Gasteiger partial charge < -0.3 is 29.4 Å². The van der Waals surface area contributed by atoms with Crippen LogP contribution in [0, 0.1) is 5.92 Å². The second-order valence-corrected chi connectivity index (χ2v) is 17.5. The maximum atomic E-state index is 12.8. The molecule has 4 amide bonds. The number of urea groups is 1. The Balaban J connectivity index is 0.834. The van der Waals surface area contributed by atoms with Crippen LogP contribution in [0.5, 0.6) is 0 Å². The number of piperidine rings is 2. The van der Waals surface area contributed by atoms with Gasteiger partial charge in [-0.1, -0.05) is 36.7 Å². The summed E-state index contributed by atoms with van der Waals surface area (Å²) in [5, 5.41) is 10.3. The van der Waals surface area contributed by atoms with Crippen molar-refractivity contribution >= 4 is 47.3 Å². The number of hydrogen-bond acceptors (Lipinski definition) is 11. The zero-order chi connectivity index (χ0) is 42.3. The van der Waals surface area contributed by atoms with E-state index < -0.39 is 0 Å². The van der Waals surface area contributed by atoms with Gasteiger partial charge in [0.05, 0.1) is 17.9 Å². The lowest BCUT2D eigenvalue weighted by atomic mass is 9.92. The average molecular weight is 831 g/mol. The van der Waals surface area contributed by atoms with Crippen LogP contribution >= 0.6 is 0 Å². The van der Waals surface area contributed by atoms with Gasteiger partial charge in [-0.25, -0.2) is 9.79 Å². The highest BCUT2D eigenvalue weighted by atomic mass is 16.5. The summed E-state index contributed by atoms with van der Waals surface area (Å²) in [6.45, 7) is 12.6. The van der Waals surface area contributed by atoms with E-state index in [-0.39, 0.29) is 30.3 Å². The summed E-state index contributed by atoms with van der Waals surface area (Å²) in [6, 6.07) is 9.11. The molecule has 1 aromatic heterocycles. The van der Waals surface area contributed by atoms with Crippen LogP contribution in [0.3, 0.4) is 0 Å². The molecule has 5 aliphatic heterocycles. The number of carbonyl (C=O) groups excluding carboxylic acids is 3. The number of likely N-dealkylation sites (N-methyl/N-ethyl adjacent to an activating group) is 1. The van der Waals surface area contributed by atoms with Crippen LogP contribution in [0.15, 0.2) is 80.2 Å². The molecule has 2 atom stereocenters. The van der Waals surface area contributed by atoms with Crippen molar-refractivity contribution in [2.75, 3.05) is 76.2 Å². The van der Waals surface area contributed by atoms with E-state index in [0.717, 1.165) is 131 Å². The Hall–Kier alpha value is -5.50. The quantitative estimate of drug-likeness (QED) is 0.215. The van der Waals surface area contributed by atoms with Crippen molar-refractivity contribution in [1.29, 1.82) is 0 Å². The molecule has 2 N–H and O–H groups in total. The first kappa shape index (κ1) is 42.2. The number of likely N-dealkylation sites (tertiary alicyclic amines) is 1. The molecule has 2 aromatic rings. The number of imide groups is 1. The molecule has 6 aliphatic rings. The molecule has 3 fully saturated rings. The van der Waals surface area contributed by atoms with Gasteiger partial charge in [-0.15, -0.1) is 0 Å². The topological polar surface area (TPSA) is 142 Å². The third-order valence-electron chi connectivity index (χ3n) is 13.3. The van der Waals surface area contributed by atoms with E-state index in [1.54, 1.807) is 0 Å². The number of aromatic nitrogens is 1. The second-order valence-electron chi connectivity index (χ2n) is 17.5. The summed E-state index contributed by atoms with van der Waals surface area (Å²) >= 11 is 0. The number of nitrogens with zero attached hydrogens (tertiary/aromatic N) is 8. The van der Waals surface area contributed by atoms with Crippen LogP contribution in [0.4, 0.5) is 16.2 Å². The Morgan fingerprint density at radius 3 is 2.62 bits per heavy atom. The van der Waals surface area contributed by atoms with Crippen molar-refractivity contribution < 1.29 is 18.9 Å². The van der Waals surface area contributed by atoms with Gasteiger partial charge in [0, 0.05) is 114 Å². The van der Waals surface area contributed by atoms with Crippen LogP contribution in [0.1, 0.15) is 94.6 Å². The van der Waals surface area contributed by atoms with Crippen LogP contribution in [0.25, 0.3) is 6.08 Å². The largest absolute Gasteiger partial charge is 0.372 e. The molecule has 2 unspecified atom stereocenters. The molecule has 8 rings (SSSR count). The molecule has 61 heavy (non-hydrogen) atoms. The number of nitrogens with one attached hydrogen (secondary N) is 2. The normalized spacial score (nSPS) is 22.0. The number of fused-ring (bicyclic) bond motifs is 1. The number of benzene rings is 1. The van der Waals surface area contributed by atoms with Crippen LogP contribution in [-0.4, -0.2) is 127 Å². The third kappa shape index (κ3) is 10.2. The molecule has 3 saturated heterocycles. The summed E-state index contributed by atoms with van der Waals surface area (Å²) in [6.07, 6.45) is 19.6. The Kier molecular flexibility index (Phi) is 13.5. The van der Waals surface area contributed by atoms with Gasteiger partial charge >= 0.3 is 6.03 Å². The maximum Gasteiger partial charge on any atom is 0.320 e. The lowest BCUT2D eigenvalue weighted by Gasteiger charge is -2.38. The van der Waals surface area contributed by atoms with Gasteiger partial charge in [-0.3, -0.25) is 24.8 Å². The Labute approximate surface area is 360 Å². The molecule has 0 radical (unpaired) electrons. The molecule has 0 saturated carbocycles. The molecule has 324 valence electrons. The number of allylic oxidation sites excluding steroid dienone is 2. The minimum absolute atomic E-state index is 0.0444. The number of rotatable bonds is 13. The van der Waals surface area contributed by atoms with Gasteiger partial charge in [0.25, 0.3) is 0 Å². The zero-order valence-electron chi connectivity index (χ0n) is 36.2. The molecule has 0 bridgehead atoms. The predicted molar refractivity (Wildman–Crippen MR) is 241 cm³/mol. The van der Waals surface area contributed by atoms with Crippen molar-refractivity contribution in [2.45, 2.75) is 90.0 Å². The minimum Gasteiger partial charge on any atom is -0.372 e. The molecule has 14 nitrogen and oxygen atoms in total. The van der Waals surface area contributed by atoms with Gasteiger partial charge in [0.2, 0.25) is 12.3 Å².